The summed E-state index contributed by atoms with van der Waals surface area (Å²) in [6.07, 6.45) is -0.241. The lowest BCUT2D eigenvalue weighted by molar-refractivity contribution is -0.150. The fraction of sp³-hybridized carbons (Fsp3) is 0.312. The van der Waals surface area contributed by atoms with Gasteiger partial charge in [-0.15, -0.1) is 0 Å². The van der Waals surface area contributed by atoms with Gasteiger partial charge >= 0.3 is 24.0 Å². The summed E-state index contributed by atoms with van der Waals surface area (Å²) in [6.45, 7) is 6.93. The van der Waals surface area contributed by atoms with Gasteiger partial charge in [-0.05, 0) is 51.0 Å². The molecule has 0 spiro atoms. The molecule has 0 aliphatic rings. The largest absolute Gasteiger partial charge is 0.461 e. The van der Waals surface area contributed by atoms with Gasteiger partial charge in [0.2, 0.25) is 0 Å². The number of carbonyl (C=O) groups is 4. The molecule has 3 aromatic carbocycles. The molecule has 0 bridgehead atoms. The van der Waals surface area contributed by atoms with Crippen molar-refractivity contribution in [1.29, 1.82) is 0 Å². The van der Waals surface area contributed by atoms with Crippen LogP contribution in [-0.4, -0.2) is 48.3 Å². The van der Waals surface area contributed by atoms with Crippen molar-refractivity contribution in [3.63, 3.8) is 0 Å². The molecule has 3 aromatic rings. The van der Waals surface area contributed by atoms with Crippen molar-refractivity contribution in [3.8, 4) is 0 Å². The number of hydrogen-bond acceptors (Lipinski definition) is 6. The van der Waals surface area contributed by atoms with Crippen molar-refractivity contribution in [1.82, 2.24) is 10.6 Å². The second-order valence-corrected chi connectivity index (χ2v) is 10.2. The Morgan fingerprint density at radius 1 is 0.548 bits per heavy atom. The molecular formula is C32H38N4O6. The standard InChI is InChI=1S/C32H38N4O6/c1-21(2)41-29(37)27(19-23-13-7-5-8-14-23)35-31(39)33-25-17-11-12-18-26(25)34-32(40)36-28(30(38)42-22(3)4)20-24-15-9-6-10-16-24/h5-18,21-22,27-28H,19-20H2,1-4H3,(H2,33,35,39)(H2,34,36,40)/t27-,28-/m1/s1. The summed E-state index contributed by atoms with van der Waals surface area (Å²) in [7, 11) is 0. The number of rotatable bonds is 12. The predicted molar refractivity (Wildman–Crippen MR) is 161 cm³/mol. The van der Waals surface area contributed by atoms with E-state index in [-0.39, 0.29) is 36.4 Å². The Morgan fingerprint density at radius 2 is 0.881 bits per heavy atom. The number of urea groups is 2. The quantitative estimate of drug-likeness (QED) is 0.224. The van der Waals surface area contributed by atoms with Gasteiger partial charge in [-0.3, -0.25) is 0 Å². The third-order valence-electron chi connectivity index (χ3n) is 5.87. The smallest absolute Gasteiger partial charge is 0.329 e. The molecule has 4 amide bonds. The summed E-state index contributed by atoms with van der Waals surface area (Å²) < 4.78 is 10.7. The van der Waals surface area contributed by atoms with Gasteiger partial charge in [-0.1, -0.05) is 72.8 Å². The minimum absolute atomic E-state index is 0.234. The van der Waals surface area contributed by atoms with E-state index in [4.69, 9.17) is 9.47 Å². The van der Waals surface area contributed by atoms with Crippen LogP contribution in [0.4, 0.5) is 21.0 Å². The van der Waals surface area contributed by atoms with Crippen molar-refractivity contribution >= 4 is 35.4 Å². The summed E-state index contributed by atoms with van der Waals surface area (Å²) in [5.74, 6) is -1.12. The van der Waals surface area contributed by atoms with Crippen LogP contribution in [0.2, 0.25) is 0 Å². The molecule has 0 aromatic heterocycles. The highest BCUT2D eigenvalue weighted by atomic mass is 16.5. The van der Waals surface area contributed by atoms with E-state index in [2.05, 4.69) is 21.3 Å². The van der Waals surface area contributed by atoms with Gasteiger partial charge in [0, 0.05) is 12.8 Å². The molecule has 0 aliphatic heterocycles. The Hall–Kier alpha value is -4.86. The number of ether oxygens (including phenoxy) is 2. The first-order valence-electron chi connectivity index (χ1n) is 13.8. The maximum absolute atomic E-state index is 13.0. The second kappa shape index (κ2) is 15.8. The Morgan fingerprint density at radius 3 is 1.21 bits per heavy atom. The number of nitrogens with one attached hydrogen (secondary N) is 4. The highest BCUT2D eigenvalue weighted by molar-refractivity contribution is 6.00. The number of amides is 4. The molecule has 4 N–H and O–H groups in total. The van der Waals surface area contributed by atoms with Crippen LogP contribution in [0.5, 0.6) is 0 Å². The lowest BCUT2D eigenvalue weighted by Crippen LogP contribution is -2.46. The first-order valence-corrected chi connectivity index (χ1v) is 13.8. The molecule has 10 heteroatoms. The molecule has 0 heterocycles. The zero-order valence-electron chi connectivity index (χ0n) is 24.3. The highest BCUT2D eigenvalue weighted by Gasteiger charge is 2.26. The summed E-state index contributed by atoms with van der Waals surface area (Å²) >= 11 is 0. The van der Waals surface area contributed by atoms with E-state index in [0.29, 0.717) is 0 Å². The lowest BCUT2D eigenvalue weighted by Gasteiger charge is -2.21. The monoisotopic (exact) mass is 574 g/mol. The number of para-hydroxylation sites is 2. The normalized spacial score (nSPS) is 12.1. The molecule has 10 nitrogen and oxygen atoms in total. The molecule has 0 radical (unpaired) electrons. The van der Waals surface area contributed by atoms with Crippen molar-refractivity contribution in [2.75, 3.05) is 10.6 Å². The first kappa shape index (κ1) is 31.7. The zero-order chi connectivity index (χ0) is 30.5. The average Bonchev–Trinajstić information content (AvgIpc) is 2.94. The van der Waals surface area contributed by atoms with Crippen LogP contribution in [0.1, 0.15) is 38.8 Å². The third-order valence-corrected chi connectivity index (χ3v) is 5.87. The average molecular weight is 575 g/mol. The minimum atomic E-state index is -0.941. The molecule has 0 unspecified atom stereocenters. The molecule has 3 rings (SSSR count). The Balaban J connectivity index is 1.69. The third kappa shape index (κ3) is 10.6. The number of esters is 2. The molecule has 0 fully saturated rings. The van der Waals surface area contributed by atoms with Crippen LogP contribution in [0.15, 0.2) is 84.9 Å². The summed E-state index contributed by atoms with van der Waals surface area (Å²) in [5, 5.41) is 10.7. The van der Waals surface area contributed by atoms with E-state index < -0.39 is 36.1 Å². The van der Waals surface area contributed by atoms with Crippen LogP contribution < -0.4 is 21.3 Å². The topological polar surface area (TPSA) is 135 Å². The van der Waals surface area contributed by atoms with Gasteiger partial charge < -0.3 is 30.7 Å². The van der Waals surface area contributed by atoms with Gasteiger partial charge in [0.25, 0.3) is 0 Å². The van der Waals surface area contributed by atoms with Crippen molar-refractivity contribution in [2.24, 2.45) is 0 Å². The predicted octanol–water partition coefficient (Wildman–Crippen LogP) is 5.06. The van der Waals surface area contributed by atoms with Crippen LogP contribution in [-0.2, 0) is 31.9 Å². The molecule has 0 saturated heterocycles. The Kier molecular flexibility index (Phi) is 11.9. The van der Waals surface area contributed by atoms with Crippen molar-refractivity contribution in [2.45, 2.75) is 64.8 Å². The number of anilines is 2. The summed E-state index contributed by atoms with van der Waals surface area (Å²) in [6, 6.07) is 21.9. The van der Waals surface area contributed by atoms with Gasteiger partial charge in [0.05, 0.1) is 23.6 Å². The van der Waals surface area contributed by atoms with Gasteiger partial charge in [-0.25, -0.2) is 19.2 Å². The first-order chi connectivity index (χ1) is 20.1. The van der Waals surface area contributed by atoms with E-state index in [9.17, 15) is 19.2 Å². The number of hydrogen-bond donors (Lipinski definition) is 4. The van der Waals surface area contributed by atoms with Crippen LogP contribution in [0, 0.1) is 0 Å². The van der Waals surface area contributed by atoms with E-state index in [0.717, 1.165) is 11.1 Å². The Labute approximate surface area is 246 Å². The number of carbonyl (C=O) groups excluding carboxylic acids is 4. The van der Waals surface area contributed by atoms with E-state index in [1.165, 1.54) is 0 Å². The van der Waals surface area contributed by atoms with Crippen molar-refractivity contribution in [3.05, 3.63) is 96.1 Å². The SMILES string of the molecule is CC(C)OC(=O)[C@@H](Cc1ccccc1)NC(=O)Nc1ccccc1NC(=O)N[C@H](Cc1ccccc1)C(=O)OC(C)C. The van der Waals surface area contributed by atoms with Gasteiger partial charge in [0.15, 0.2) is 0 Å². The fourth-order valence-corrected chi connectivity index (χ4v) is 4.05. The van der Waals surface area contributed by atoms with Gasteiger partial charge in [0.1, 0.15) is 12.1 Å². The van der Waals surface area contributed by atoms with Crippen LogP contribution >= 0.6 is 0 Å². The van der Waals surface area contributed by atoms with E-state index in [1.807, 2.05) is 60.7 Å². The second-order valence-electron chi connectivity index (χ2n) is 10.2. The maximum Gasteiger partial charge on any atom is 0.329 e. The van der Waals surface area contributed by atoms with Gasteiger partial charge in [-0.2, -0.15) is 0 Å². The van der Waals surface area contributed by atoms with Crippen LogP contribution in [0.25, 0.3) is 0 Å². The lowest BCUT2D eigenvalue weighted by atomic mass is 10.1. The molecule has 0 aliphatic carbocycles. The Bertz CT molecular complexity index is 1230. The highest BCUT2D eigenvalue weighted by Crippen LogP contribution is 2.21. The molecule has 0 saturated carbocycles. The van der Waals surface area contributed by atoms with E-state index >= 15 is 0 Å². The van der Waals surface area contributed by atoms with Crippen LogP contribution in [0.3, 0.4) is 0 Å². The molecule has 2 atom stereocenters. The molecule has 222 valence electrons. The maximum atomic E-state index is 13.0. The van der Waals surface area contributed by atoms with E-state index in [1.54, 1.807) is 52.0 Å². The molecular weight excluding hydrogens is 536 g/mol. The fourth-order valence-electron chi connectivity index (χ4n) is 4.05. The minimum Gasteiger partial charge on any atom is -0.461 e. The summed E-state index contributed by atoms with van der Waals surface area (Å²) in [4.78, 5) is 51.5. The van der Waals surface area contributed by atoms with Crippen molar-refractivity contribution < 1.29 is 28.7 Å². The molecule has 42 heavy (non-hydrogen) atoms. The summed E-state index contributed by atoms with van der Waals surface area (Å²) in [5.41, 5.74) is 2.27. The number of benzene rings is 3. The zero-order valence-corrected chi connectivity index (χ0v) is 24.3.